The molecule has 0 aliphatic rings. The molecule has 0 aliphatic carbocycles. The number of benzene rings is 2. The van der Waals surface area contributed by atoms with Crippen LogP contribution >= 0.6 is 11.6 Å². The molecule has 0 spiro atoms. The van der Waals surface area contributed by atoms with Gasteiger partial charge in [-0.2, -0.15) is 0 Å². The van der Waals surface area contributed by atoms with E-state index in [0.29, 0.717) is 15.9 Å². The molecule has 0 fully saturated rings. The summed E-state index contributed by atoms with van der Waals surface area (Å²) in [7, 11) is 1.53. The van der Waals surface area contributed by atoms with Crippen LogP contribution in [0.5, 0.6) is 5.75 Å². The zero-order chi connectivity index (χ0) is 19.7. The van der Waals surface area contributed by atoms with Crippen LogP contribution in [0.1, 0.15) is 17.3 Å². The molecule has 1 heterocycles. The van der Waals surface area contributed by atoms with Gasteiger partial charge in [-0.05, 0) is 42.3 Å². The van der Waals surface area contributed by atoms with Gasteiger partial charge in [0.15, 0.2) is 0 Å². The highest BCUT2D eigenvalue weighted by Gasteiger charge is 2.21. The second-order valence-corrected chi connectivity index (χ2v) is 6.65. The van der Waals surface area contributed by atoms with Gasteiger partial charge < -0.3 is 15.0 Å². The Kier molecular flexibility index (Phi) is 5.01. The van der Waals surface area contributed by atoms with Gasteiger partial charge in [-0.3, -0.25) is 14.4 Å². The molecule has 1 aromatic heterocycles. The summed E-state index contributed by atoms with van der Waals surface area (Å²) in [6.07, 6.45) is 0. The molecule has 2 N–H and O–H groups in total. The third kappa shape index (κ3) is 3.57. The van der Waals surface area contributed by atoms with Crippen molar-refractivity contribution in [1.29, 1.82) is 0 Å². The standard InChI is InChI=1S/C20H17ClN2O4/c1-11(24)10-22-19(26)17-18(25)15-8-5-13(9-16(15)23(2)20(17)27)12-3-6-14(21)7-4-12/h3-9,25H,10H2,1-2H3,(H,22,26). The summed E-state index contributed by atoms with van der Waals surface area (Å²) < 4.78 is 1.30. The molecule has 2 aromatic carbocycles. The number of hydrogen-bond donors (Lipinski definition) is 2. The summed E-state index contributed by atoms with van der Waals surface area (Å²) in [5.74, 6) is -1.45. The molecule has 0 radical (unpaired) electrons. The van der Waals surface area contributed by atoms with Crippen LogP contribution in [0, 0.1) is 0 Å². The second-order valence-electron chi connectivity index (χ2n) is 6.21. The highest BCUT2D eigenvalue weighted by Crippen LogP contribution is 2.30. The minimum absolute atomic E-state index is 0.213. The number of nitrogens with one attached hydrogen (secondary N) is 1. The van der Waals surface area contributed by atoms with E-state index in [-0.39, 0.29) is 17.9 Å². The number of pyridine rings is 1. The van der Waals surface area contributed by atoms with Gasteiger partial charge in [0.05, 0.1) is 12.1 Å². The van der Waals surface area contributed by atoms with Crippen molar-refractivity contribution in [3.63, 3.8) is 0 Å². The van der Waals surface area contributed by atoms with Crippen LogP contribution in [0.25, 0.3) is 22.0 Å². The van der Waals surface area contributed by atoms with E-state index in [4.69, 9.17) is 11.6 Å². The van der Waals surface area contributed by atoms with Gasteiger partial charge in [-0.25, -0.2) is 0 Å². The number of rotatable bonds is 4. The Bertz CT molecular complexity index is 1120. The van der Waals surface area contributed by atoms with Crippen LogP contribution in [-0.2, 0) is 11.8 Å². The van der Waals surface area contributed by atoms with Gasteiger partial charge >= 0.3 is 0 Å². The van der Waals surface area contributed by atoms with Gasteiger partial charge in [-0.15, -0.1) is 0 Å². The van der Waals surface area contributed by atoms with Crippen LogP contribution in [0.2, 0.25) is 5.02 Å². The van der Waals surface area contributed by atoms with E-state index < -0.39 is 17.2 Å². The minimum Gasteiger partial charge on any atom is -0.506 e. The Morgan fingerprint density at radius 3 is 2.37 bits per heavy atom. The van der Waals surface area contributed by atoms with Crippen LogP contribution < -0.4 is 10.9 Å². The topological polar surface area (TPSA) is 88.4 Å². The number of aromatic hydroxyl groups is 1. The average molecular weight is 385 g/mol. The summed E-state index contributed by atoms with van der Waals surface area (Å²) in [5, 5.41) is 13.8. The van der Waals surface area contributed by atoms with Crippen LogP contribution in [0.15, 0.2) is 47.3 Å². The lowest BCUT2D eigenvalue weighted by molar-refractivity contribution is -0.116. The van der Waals surface area contributed by atoms with Gasteiger partial charge in [-0.1, -0.05) is 29.8 Å². The first kappa shape index (κ1) is 18.7. The molecule has 138 valence electrons. The molecule has 0 aliphatic heterocycles. The molecule has 6 nitrogen and oxygen atoms in total. The van der Waals surface area contributed by atoms with E-state index in [1.165, 1.54) is 18.5 Å². The zero-order valence-corrected chi connectivity index (χ0v) is 15.5. The SMILES string of the molecule is CC(=O)CNC(=O)c1c(O)c2ccc(-c3ccc(Cl)cc3)cc2n(C)c1=O. The number of carbonyl (C=O) groups excluding carboxylic acids is 2. The predicted molar refractivity (Wildman–Crippen MR) is 104 cm³/mol. The summed E-state index contributed by atoms with van der Waals surface area (Å²) in [5.41, 5.74) is 1.19. The van der Waals surface area contributed by atoms with Gasteiger partial charge in [0, 0.05) is 17.5 Å². The monoisotopic (exact) mass is 384 g/mol. The molecule has 0 unspecified atom stereocenters. The summed E-state index contributed by atoms with van der Waals surface area (Å²) >= 11 is 5.92. The number of aromatic nitrogens is 1. The highest BCUT2D eigenvalue weighted by atomic mass is 35.5. The molecule has 3 aromatic rings. The average Bonchev–Trinajstić information content (AvgIpc) is 2.65. The quantitative estimate of drug-likeness (QED) is 0.724. The molecule has 0 atom stereocenters. The van der Waals surface area contributed by atoms with E-state index in [0.717, 1.165) is 11.1 Å². The van der Waals surface area contributed by atoms with Gasteiger partial charge in [0.1, 0.15) is 17.1 Å². The van der Waals surface area contributed by atoms with Crippen molar-refractivity contribution >= 4 is 34.2 Å². The fourth-order valence-corrected chi connectivity index (χ4v) is 2.97. The zero-order valence-electron chi connectivity index (χ0n) is 14.7. The lowest BCUT2D eigenvalue weighted by Crippen LogP contribution is -2.34. The molecule has 7 heteroatoms. The van der Waals surface area contributed by atoms with Gasteiger partial charge in [0.25, 0.3) is 11.5 Å². The van der Waals surface area contributed by atoms with Crippen LogP contribution in [0.4, 0.5) is 0 Å². The predicted octanol–water partition coefficient (Wildman–Crippen LogP) is 2.88. The molecule has 0 saturated carbocycles. The lowest BCUT2D eigenvalue weighted by Gasteiger charge is -2.13. The third-order valence-electron chi connectivity index (χ3n) is 4.27. The lowest BCUT2D eigenvalue weighted by atomic mass is 10.0. The normalized spacial score (nSPS) is 10.8. The maximum atomic E-state index is 12.6. The summed E-state index contributed by atoms with van der Waals surface area (Å²) in [4.78, 5) is 35.9. The largest absolute Gasteiger partial charge is 0.506 e. The van der Waals surface area contributed by atoms with Crippen molar-refractivity contribution in [1.82, 2.24) is 9.88 Å². The maximum Gasteiger partial charge on any atom is 0.267 e. The summed E-state index contributed by atoms with van der Waals surface area (Å²) in [6, 6.07) is 12.4. The second kappa shape index (κ2) is 7.25. The molecule has 27 heavy (non-hydrogen) atoms. The number of hydrogen-bond acceptors (Lipinski definition) is 4. The first-order chi connectivity index (χ1) is 12.8. The van der Waals surface area contributed by atoms with E-state index >= 15 is 0 Å². The molecule has 0 bridgehead atoms. The van der Waals surface area contributed by atoms with Crippen LogP contribution in [0.3, 0.4) is 0 Å². The fraction of sp³-hybridized carbons (Fsp3) is 0.150. The molecule has 3 rings (SSSR count). The van der Waals surface area contributed by atoms with E-state index in [1.807, 2.05) is 12.1 Å². The first-order valence-electron chi connectivity index (χ1n) is 8.19. The molecule has 1 amide bonds. The van der Waals surface area contributed by atoms with Crippen molar-refractivity contribution in [2.75, 3.05) is 6.54 Å². The number of amides is 1. The number of fused-ring (bicyclic) bond motifs is 1. The Morgan fingerprint density at radius 2 is 1.74 bits per heavy atom. The molecule has 0 saturated heterocycles. The number of aryl methyl sites for hydroxylation is 1. The number of ketones is 1. The van der Waals surface area contributed by atoms with Crippen molar-refractivity contribution in [3.8, 4) is 16.9 Å². The fourth-order valence-electron chi connectivity index (χ4n) is 2.84. The Balaban J connectivity index is 2.14. The van der Waals surface area contributed by atoms with Crippen molar-refractivity contribution in [2.45, 2.75) is 6.92 Å². The van der Waals surface area contributed by atoms with Crippen molar-refractivity contribution < 1.29 is 14.7 Å². The number of carbonyl (C=O) groups is 2. The van der Waals surface area contributed by atoms with Crippen molar-refractivity contribution in [2.24, 2.45) is 7.05 Å². The maximum absolute atomic E-state index is 12.6. The summed E-state index contributed by atoms with van der Waals surface area (Å²) in [6.45, 7) is 1.10. The van der Waals surface area contributed by atoms with Crippen molar-refractivity contribution in [3.05, 3.63) is 63.4 Å². The Morgan fingerprint density at radius 1 is 1.11 bits per heavy atom. The smallest absolute Gasteiger partial charge is 0.267 e. The number of Topliss-reactive ketones (excluding diaryl/α,β-unsaturated/α-hetero) is 1. The first-order valence-corrected chi connectivity index (χ1v) is 8.56. The molecular formula is C20H17ClN2O4. The Labute approximate surface area is 160 Å². The third-order valence-corrected chi connectivity index (χ3v) is 4.52. The highest BCUT2D eigenvalue weighted by molar-refractivity contribution is 6.30. The van der Waals surface area contributed by atoms with Gasteiger partial charge in [0.2, 0.25) is 0 Å². The van der Waals surface area contributed by atoms with E-state index in [1.54, 1.807) is 30.3 Å². The minimum atomic E-state index is -0.785. The number of halogens is 1. The Hall–Kier alpha value is -3.12. The van der Waals surface area contributed by atoms with E-state index in [2.05, 4.69) is 5.32 Å². The molecular weight excluding hydrogens is 368 g/mol. The van der Waals surface area contributed by atoms with Crippen LogP contribution in [-0.4, -0.2) is 27.9 Å². The number of nitrogens with zero attached hydrogens (tertiary/aromatic N) is 1. The van der Waals surface area contributed by atoms with E-state index in [9.17, 15) is 19.5 Å².